The summed E-state index contributed by atoms with van der Waals surface area (Å²) >= 11 is 0. The molecule has 1 fully saturated rings. The van der Waals surface area contributed by atoms with Crippen molar-refractivity contribution in [2.75, 3.05) is 33.3 Å². The van der Waals surface area contributed by atoms with Gasteiger partial charge in [0.2, 0.25) is 0 Å². The fraction of sp³-hybridized carbons (Fsp3) is 0.444. The first-order chi connectivity index (χ1) is 12.6. The van der Waals surface area contributed by atoms with Crippen molar-refractivity contribution in [1.29, 1.82) is 0 Å². The van der Waals surface area contributed by atoms with Crippen LogP contribution in [0.2, 0.25) is 0 Å². The van der Waals surface area contributed by atoms with Crippen LogP contribution in [0.1, 0.15) is 32.7 Å². The molecule has 3 rings (SSSR count). The second-order valence-corrected chi connectivity index (χ2v) is 6.36. The van der Waals surface area contributed by atoms with Crippen molar-refractivity contribution < 1.29 is 14.3 Å². The van der Waals surface area contributed by atoms with Gasteiger partial charge >= 0.3 is 5.97 Å². The Balaban J connectivity index is 1.67. The summed E-state index contributed by atoms with van der Waals surface area (Å²) in [4.78, 5) is 32.9. The summed E-state index contributed by atoms with van der Waals surface area (Å²) in [5.41, 5.74) is 1.71. The number of ether oxygens (including phenoxy) is 1. The largest absolute Gasteiger partial charge is 0.465 e. The molecule has 2 aromatic rings. The second-order valence-electron chi connectivity index (χ2n) is 6.36. The smallest absolute Gasteiger partial charge is 0.340 e. The Morgan fingerprint density at radius 1 is 1.15 bits per heavy atom. The van der Waals surface area contributed by atoms with Crippen molar-refractivity contribution >= 4 is 11.9 Å². The Morgan fingerprint density at radius 3 is 2.73 bits per heavy atom. The standard InChI is InChI=1S/C18H23N5O3/c1-21-12-14(10-20-21)13-22-6-3-7-23(9-8-22)17(24)15-4-5-19-11-16(15)18(25)26-2/h4-5,10-12H,3,6-9,13H2,1-2H3. The zero-order chi connectivity index (χ0) is 18.5. The zero-order valence-electron chi connectivity index (χ0n) is 15.1. The van der Waals surface area contributed by atoms with Gasteiger partial charge in [-0.05, 0) is 12.5 Å². The minimum atomic E-state index is -0.547. The number of hydrogen-bond donors (Lipinski definition) is 0. The number of aromatic nitrogens is 3. The van der Waals surface area contributed by atoms with Gasteiger partial charge in [-0.15, -0.1) is 0 Å². The lowest BCUT2D eigenvalue weighted by Crippen LogP contribution is -2.36. The maximum atomic E-state index is 12.9. The summed E-state index contributed by atoms with van der Waals surface area (Å²) in [5.74, 6) is -0.703. The van der Waals surface area contributed by atoms with Crippen LogP contribution in [-0.4, -0.2) is 69.7 Å². The molecule has 0 atom stereocenters. The fourth-order valence-electron chi connectivity index (χ4n) is 3.17. The van der Waals surface area contributed by atoms with Gasteiger partial charge in [0.15, 0.2) is 0 Å². The molecule has 8 nitrogen and oxygen atoms in total. The highest BCUT2D eigenvalue weighted by Gasteiger charge is 2.24. The van der Waals surface area contributed by atoms with Gasteiger partial charge in [0.25, 0.3) is 5.91 Å². The Morgan fingerprint density at radius 2 is 2.00 bits per heavy atom. The van der Waals surface area contributed by atoms with Crippen LogP contribution >= 0.6 is 0 Å². The molecular formula is C18H23N5O3. The third-order valence-corrected chi connectivity index (χ3v) is 4.50. The molecule has 0 N–H and O–H groups in total. The minimum absolute atomic E-state index is 0.156. The number of rotatable bonds is 4. The molecule has 3 heterocycles. The molecule has 0 saturated carbocycles. The molecule has 1 amide bonds. The molecule has 8 heteroatoms. The first-order valence-electron chi connectivity index (χ1n) is 8.60. The van der Waals surface area contributed by atoms with Crippen molar-refractivity contribution in [3.05, 3.63) is 47.5 Å². The highest BCUT2D eigenvalue weighted by molar-refractivity contribution is 6.05. The van der Waals surface area contributed by atoms with Crippen LogP contribution in [0.3, 0.4) is 0 Å². The second kappa shape index (κ2) is 8.09. The van der Waals surface area contributed by atoms with Crippen molar-refractivity contribution in [2.45, 2.75) is 13.0 Å². The van der Waals surface area contributed by atoms with E-state index in [9.17, 15) is 9.59 Å². The summed E-state index contributed by atoms with van der Waals surface area (Å²) in [5, 5.41) is 4.20. The number of pyridine rings is 1. The maximum absolute atomic E-state index is 12.9. The quantitative estimate of drug-likeness (QED) is 0.758. The van der Waals surface area contributed by atoms with Crippen LogP contribution < -0.4 is 0 Å². The van der Waals surface area contributed by atoms with E-state index in [1.165, 1.54) is 19.5 Å². The molecule has 0 radical (unpaired) electrons. The number of carbonyl (C=O) groups is 2. The van der Waals surface area contributed by atoms with Gasteiger partial charge in [-0.2, -0.15) is 5.10 Å². The molecule has 0 aromatic carbocycles. The third-order valence-electron chi connectivity index (χ3n) is 4.50. The number of methoxy groups -OCH3 is 1. The lowest BCUT2D eigenvalue weighted by atomic mass is 10.1. The normalized spacial score (nSPS) is 15.5. The first-order valence-corrected chi connectivity index (χ1v) is 8.60. The van der Waals surface area contributed by atoms with Crippen LogP contribution in [0.4, 0.5) is 0 Å². The van der Waals surface area contributed by atoms with E-state index in [1.807, 2.05) is 19.4 Å². The summed E-state index contributed by atoms with van der Waals surface area (Å²) < 4.78 is 6.55. The summed E-state index contributed by atoms with van der Waals surface area (Å²) in [6.07, 6.45) is 7.66. The molecule has 26 heavy (non-hydrogen) atoms. The first kappa shape index (κ1) is 18.1. The van der Waals surface area contributed by atoms with Crippen molar-refractivity contribution in [3.63, 3.8) is 0 Å². The van der Waals surface area contributed by atoms with E-state index in [0.29, 0.717) is 18.7 Å². The van der Waals surface area contributed by atoms with Crippen LogP contribution in [0.15, 0.2) is 30.9 Å². The van der Waals surface area contributed by atoms with Gasteiger partial charge in [0, 0.05) is 63.9 Å². The minimum Gasteiger partial charge on any atom is -0.465 e. The highest BCUT2D eigenvalue weighted by atomic mass is 16.5. The van der Waals surface area contributed by atoms with Crippen molar-refractivity contribution in [3.8, 4) is 0 Å². The number of aryl methyl sites for hydroxylation is 1. The molecule has 1 saturated heterocycles. The zero-order valence-corrected chi connectivity index (χ0v) is 15.1. The van der Waals surface area contributed by atoms with E-state index in [-0.39, 0.29) is 11.5 Å². The van der Waals surface area contributed by atoms with E-state index in [4.69, 9.17) is 4.74 Å². The Hall–Kier alpha value is -2.74. The lowest BCUT2D eigenvalue weighted by Gasteiger charge is -2.22. The van der Waals surface area contributed by atoms with Gasteiger partial charge in [-0.25, -0.2) is 4.79 Å². The fourth-order valence-corrected chi connectivity index (χ4v) is 3.17. The molecule has 2 aromatic heterocycles. The van der Waals surface area contributed by atoms with Gasteiger partial charge < -0.3 is 9.64 Å². The van der Waals surface area contributed by atoms with E-state index < -0.39 is 5.97 Å². The van der Waals surface area contributed by atoms with Gasteiger partial charge in [0.1, 0.15) is 0 Å². The Bertz CT molecular complexity index is 789. The predicted octanol–water partition coefficient (Wildman–Crippen LogP) is 0.950. The van der Waals surface area contributed by atoms with Crippen LogP contribution in [0.5, 0.6) is 0 Å². The number of amides is 1. The van der Waals surface area contributed by atoms with Crippen molar-refractivity contribution in [1.82, 2.24) is 24.6 Å². The van der Waals surface area contributed by atoms with Crippen LogP contribution in [-0.2, 0) is 18.3 Å². The van der Waals surface area contributed by atoms with Gasteiger partial charge in [-0.1, -0.05) is 0 Å². The molecular weight excluding hydrogens is 334 g/mol. The monoisotopic (exact) mass is 357 g/mol. The number of esters is 1. The molecule has 138 valence electrons. The average Bonchev–Trinajstić information content (AvgIpc) is 2.92. The molecule has 0 spiro atoms. The SMILES string of the molecule is COC(=O)c1cnccc1C(=O)N1CCCN(Cc2cnn(C)c2)CC1. The highest BCUT2D eigenvalue weighted by Crippen LogP contribution is 2.15. The Labute approximate surface area is 152 Å². The average molecular weight is 357 g/mol. The topological polar surface area (TPSA) is 80.6 Å². The van der Waals surface area contributed by atoms with E-state index in [2.05, 4.69) is 15.0 Å². The summed E-state index contributed by atoms with van der Waals surface area (Å²) in [6, 6.07) is 1.58. The lowest BCUT2D eigenvalue weighted by molar-refractivity contribution is 0.0589. The molecule has 0 aliphatic carbocycles. The molecule has 0 unspecified atom stereocenters. The molecule has 1 aliphatic rings. The number of nitrogens with zero attached hydrogens (tertiary/aromatic N) is 5. The van der Waals surface area contributed by atoms with E-state index in [0.717, 1.165) is 31.6 Å². The summed E-state index contributed by atoms with van der Waals surface area (Å²) in [7, 11) is 3.20. The maximum Gasteiger partial charge on any atom is 0.340 e. The van der Waals surface area contributed by atoms with Crippen LogP contribution in [0.25, 0.3) is 0 Å². The summed E-state index contributed by atoms with van der Waals surface area (Å²) in [6.45, 7) is 3.78. The number of hydrogen-bond acceptors (Lipinski definition) is 6. The third kappa shape index (κ3) is 4.08. The predicted molar refractivity (Wildman–Crippen MR) is 94.6 cm³/mol. The number of carbonyl (C=O) groups excluding carboxylic acids is 2. The molecule has 1 aliphatic heterocycles. The van der Waals surface area contributed by atoms with E-state index in [1.54, 1.807) is 15.6 Å². The van der Waals surface area contributed by atoms with Gasteiger partial charge in [-0.3, -0.25) is 19.4 Å². The van der Waals surface area contributed by atoms with Crippen molar-refractivity contribution in [2.24, 2.45) is 7.05 Å². The van der Waals surface area contributed by atoms with Crippen LogP contribution in [0, 0.1) is 0 Å². The molecule has 0 bridgehead atoms. The van der Waals surface area contributed by atoms with E-state index >= 15 is 0 Å². The Kier molecular flexibility index (Phi) is 5.62. The van der Waals surface area contributed by atoms with Gasteiger partial charge in [0.05, 0.1) is 24.4 Å².